The predicted molar refractivity (Wildman–Crippen MR) is 33.9 cm³/mol. The summed E-state index contributed by atoms with van der Waals surface area (Å²) in [5.74, 6) is 0. The third kappa shape index (κ3) is 1.03. The van der Waals surface area contributed by atoms with E-state index < -0.39 is 0 Å². The van der Waals surface area contributed by atoms with E-state index in [4.69, 9.17) is 4.74 Å². The lowest BCUT2D eigenvalue weighted by molar-refractivity contribution is 0.319. The zero-order valence-electron chi connectivity index (χ0n) is 5.90. The van der Waals surface area contributed by atoms with E-state index in [-0.39, 0.29) is 5.60 Å². The Morgan fingerprint density at radius 1 is 1.50 bits per heavy atom. The average Bonchev–Trinajstić information content (AvgIpc) is 2.15. The maximum atomic E-state index is 5.34. The monoisotopic (exact) mass is 114 g/mol. The van der Waals surface area contributed by atoms with Crippen molar-refractivity contribution in [1.82, 2.24) is 0 Å². The van der Waals surface area contributed by atoms with E-state index in [9.17, 15) is 0 Å². The fourth-order valence-corrected chi connectivity index (χ4v) is 1.00. The van der Waals surface area contributed by atoms with Gasteiger partial charge >= 0.3 is 0 Å². The summed E-state index contributed by atoms with van der Waals surface area (Å²) >= 11 is 0. The lowest BCUT2D eigenvalue weighted by Gasteiger charge is -1.90. The molecule has 0 aromatic carbocycles. The van der Waals surface area contributed by atoms with Crippen LogP contribution in [0.3, 0.4) is 0 Å². The van der Waals surface area contributed by atoms with E-state index in [1.54, 1.807) is 0 Å². The topological polar surface area (TPSA) is 12.5 Å². The van der Waals surface area contributed by atoms with E-state index >= 15 is 0 Å². The molecule has 0 spiro atoms. The van der Waals surface area contributed by atoms with Crippen LogP contribution in [-0.2, 0) is 4.74 Å². The normalized spacial score (nSPS) is 32.6. The molecule has 0 radical (unpaired) electrons. The molecule has 0 bridgehead atoms. The van der Waals surface area contributed by atoms with Crippen LogP contribution < -0.4 is 0 Å². The number of hydrogen-bond donors (Lipinski definition) is 0. The maximum Gasteiger partial charge on any atom is 0.0892 e. The highest BCUT2D eigenvalue weighted by Gasteiger charge is 2.46. The van der Waals surface area contributed by atoms with Gasteiger partial charge in [0.2, 0.25) is 0 Å². The molecule has 1 atom stereocenters. The SMILES string of the molecule is CCC[C@@H]1OC1(C)C. The molecule has 0 saturated carbocycles. The van der Waals surface area contributed by atoms with Crippen LogP contribution in [0.1, 0.15) is 33.6 Å². The van der Waals surface area contributed by atoms with E-state index in [1.807, 2.05) is 0 Å². The Balaban J connectivity index is 2.17. The van der Waals surface area contributed by atoms with Crippen LogP contribution in [0.4, 0.5) is 0 Å². The summed E-state index contributed by atoms with van der Waals surface area (Å²) in [4.78, 5) is 0. The molecule has 1 aliphatic heterocycles. The number of epoxide rings is 1. The van der Waals surface area contributed by atoms with Crippen LogP contribution in [0.2, 0.25) is 0 Å². The van der Waals surface area contributed by atoms with Crippen LogP contribution >= 0.6 is 0 Å². The fraction of sp³-hybridized carbons (Fsp3) is 1.00. The van der Waals surface area contributed by atoms with Crippen LogP contribution in [0.5, 0.6) is 0 Å². The molecule has 0 amide bonds. The summed E-state index contributed by atoms with van der Waals surface area (Å²) < 4.78 is 5.34. The Bertz CT molecular complexity index is 86.4. The summed E-state index contributed by atoms with van der Waals surface area (Å²) in [6.45, 7) is 6.48. The number of ether oxygens (including phenoxy) is 1. The molecule has 1 fully saturated rings. The molecule has 1 nitrogen and oxygen atoms in total. The molecule has 1 aliphatic rings. The number of hydrogen-bond acceptors (Lipinski definition) is 1. The number of rotatable bonds is 2. The third-order valence-corrected chi connectivity index (χ3v) is 1.72. The van der Waals surface area contributed by atoms with Gasteiger partial charge in [-0.2, -0.15) is 0 Å². The molecular weight excluding hydrogens is 100 g/mol. The van der Waals surface area contributed by atoms with Gasteiger partial charge in [-0.1, -0.05) is 13.3 Å². The second-order valence-corrected chi connectivity index (χ2v) is 3.00. The Hall–Kier alpha value is -0.0400. The highest BCUT2D eigenvalue weighted by Crippen LogP contribution is 2.37. The van der Waals surface area contributed by atoms with Crippen molar-refractivity contribution in [2.45, 2.75) is 45.3 Å². The Labute approximate surface area is 51.0 Å². The summed E-state index contributed by atoms with van der Waals surface area (Å²) in [6.07, 6.45) is 3.04. The minimum absolute atomic E-state index is 0.218. The Morgan fingerprint density at radius 3 is 2.12 bits per heavy atom. The minimum atomic E-state index is 0.218. The zero-order chi connectivity index (χ0) is 6.20. The molecule has 0 unspecified atom stereocenters. The van der Waals surface area contributed by atoms with E-state index in [0.29, 0.717) is 6.10 Å². The predicted octanol–water partition coefficient (Wildman–Crippen LogP) is 1.96. The zero-order valence-corrected chi connectivity index (χ0v) is 5.90. The van der Waals surface area contributed by atoms with Crippen molar-refractivity contribution in [2.75, 3.05) is 0 Å². The van der Waals surface area contributed by atoms with Gasteiger partial charge in [-0.3, -0.25) is 0 Å². The van der Waals surface area contributed by atoms with Gasteiger partial charge in [-0.05, 0) is 20.3 Å². The van der Waals surface area contributed by atoms with Crippen molar-refractivity contribution in [3.63, 3.8) is 0 Å². The van der Waals surface area contributed by atoms with Crippen LogP contribution in [0, 0.1) is 0 Å². The molecule has 0 aliphatic carbocycles. The summed E-state index contributed by atoms with van der Waals surface area (Å²) in [5.41, 5.74) is 0.218. The maximum absolute atomic E-state index is 5.34. The van der Waals surface area contributed by atoms with Crippen LogP contribution in [-0.4, -0.2) is 11.7 Å². The summed E-state index contributed by atoms with van der Waals surface area (Å²) in [7, 11) is 0. The van der Waals surface area contributed by atoms with Gasteiger partial charge < -0.3 is 4.74 Å². The smallest absolute Gasteiger partial charge is 0.0892 e. The fourth-order valence-electron chi connectivity index (χ4n) is 1.00. The summed E-state index contributed by atoms with van der Waals surface area (Å²) in [6, 6.07) is 0. The molecule has 0 N–H and O–H groups in total. The second kappa shape index (κ2) is 1.73. The molecule has 0 aromatic heterocycles. The van der Waals surface area contributed by atoms with Gasteiger partial charge in [0.1, 0.15) is 0 Å². The van der Waals surface area contributed by atoms with Crippen molar-refractivity contribution >= 4 is 0 Å². The van der Waals surface area contributed by atoms with Crippen molar-refractivity contribution in [1.29, 1.82) is 0 Å². The quantitative estimate of drug-likeness (QED) is 0.500. The molecule has 1 saturated heterocycles. The summed E-state index contributed by atoms with van der Waals surface area (Å²) in [5, 5.41) is 0. The van der Waals surface area contributed by atoms with Gasteiger partial charge in [-0.25, -0.2) is 0 Å². The first-order chi connectivity index (χ1) is 3.67. The van der Waals surface area contributed by atoms with Gasteiger partial charge in [0.15, 0.2) is 0 Å². The highest BCUT2D eigenvalue weighted by atomic mass is 16.6. The largest absolute Gasteiger partial charge is 0.367 e. The Morgan fingerprint density at radius 2 is 2.00 bits per heavy atom. The van der Waals surface area contributed by atoms with Gasteiger partial charge in [0, 0.05) is 0 Å². The second-order valence-electron chi connectivity index (χ2n) is 3.00. The minimum Gasteiger partial charge on any atom is -0.367 e. The highest BCUT2D eigenvalue weighted by molar-refractivity contribution is 4.93. The standard InChI is InChI=1S/C7H14O/c1-4-5-6-7(2,3)8-6/h6H,4-5H2,1-3H3/t6-/m0/s1. The average molecular weight is 114 g/mol. The van der Waals surface area contributed by atoms with Crippen molar-refractivity contribution in [3.05, 3.63) is 0 Å². The third-order valence-electron chi connectivity index (χ3n) is 1.72. The first-order valence-corrected chi connectivity index (χ1v) is 3.34. The van der Waals surface area contributed by atoms with E-state index in [2.05, 4.69) is 20.8 Å². The van der Waals surface area contributed by atoms with Crippen molar-refractivity contribution in [3.8, 4) is 0 Å². The van der Waals surface area contributed by atoms with E-state index in [1.165, 1.54) is 12.8 Å². The van der Waals surface area contributed by atoms with Crippen molar-refractivity contribution in [2.24, 2.45) is 0 Å². The Kier molecular flexibility index (Phi) is 1.31. The lowest BCUT2D eigenvalue weighted by atomic mass is 10.1. The lowest BCUT2D eigenvalue weighted by Crippen LogP contribution is -2.01. The molecule has 48 valence electrons. The van der Waals surface area contributed by atoms with Gasteiger partial charge in [0.25, 0.3) is 0 Å². The first-order valence-electron chi connectivity index (χ1n) is 3.34. The first kappa shape index (κ1) is 6.09. The molecule has 1 rings (SSSR count). The van der Waals surface area contributed by atoms with Gasteiger partial charge in [0.05, 0.1) is 11.7 Å². The molecular formula is C7H14O. The molecule has 1 heterocycles. The van der Waals surface area contributed by atoms with Crippen LogP contribution in [0.15, 0.2) is 0 Å². The van der Waals surface area contributed by atoms with Gasteiger partial charge in [-0.15, -0.1) is 0 Å². The van der Waals surface area contributed by atoms with Crippen molar-refractivity contribution < 1.29 is 4.74 Å². The molecule has 8 heavy (non-hydrogen) atoms. The van der Waals surface area contributed by atoms with E-state index in [0.717, 1.165) is 0 Å². The van der Waals surface area contributed by atoms with Crippen LogP contribution in [0.25, 0.3) is 0 Å². The molecule has 1 heteroatoms. The molecule has 0 aromatic rings.